The molecule has 132 valence electrons. The van der Waals surface area contributed by atoms with Crippen LogP contribution in [0.5, 0.6) is 5.75 Å². The van der Waals surface area contributed by atoms with Gasteiger partial charge in [0.2, 0.25) is 5.91 Å². The molecule has 1 aromatic heterocycles. The molecule has 0 radical (unpaired) electrons. The molecule has 25 heavy (non-hydrogen) atoms. The van der Waals surface area contributed by atoms with E-state index in [0.717, 1.165) is 18.7 Å². The summed E-state index contributed by atoms with van der Waals surface area (Å²) in [4.78, 5) is 22.4. The predicted molar refractivity (Wildman–Crippen MR) is 92.0 cm³/mol. The van der Waals surface area contributed by atoms with E-state index in [1.54, 1.807) is 0 Å². The first kappa shape index (κ1) is 17.2. The van der Waals surface area contributed by atoms with Gasteiger partial charge in [0.25, 0.3) is 5.69 Å². The Morgan fingerprint density at radius 3 is 2.88 bits per heavy atom. The van der Waals surface area contributed by atoms with E-state index in [4.69, 9.17) is 4.74 Å². The van der Waals surface area contributed by atoms with E-state index in [1.807, 2.05) is 11.6 Å². The van der Waals surface area contributed by atoms with Gasteiger partial charge in [0.15, 0.2) is 5.16 Å². The maximum atomic E-state index is 12.2. The van der Waals surface area contributed by atoms with Crippen LogP contribution in [0.4, 0.5) is 11.4 Å². The van der Waals surface area contributed by atoms with Crippen LogP contribution in [0.3, 0.4) is 0 Å². The van der Waals surface area contributed by atoms with Crippen molar-refractivity contribution in [1.82, 2.24) is 14.8 Å². The third kappa shape index (κ3) is 3.90. The fourth-order valence-electron chi connectivity index (χ4n) is 2.36. The maximum Gasteiger partial charge on any atom is 0.273 e. The summed E-state index contributed by atoms with van der Waals surface area (Å²) >= 11 is 1.29. The molecule has 0 bridgehead atoms. The van der Waals surface area contributed by atoms with Crippen molar-refractivity contribution in [3.63, 3.8) is 0 Å². The molecule has 1 N–H and O–H groups in total. The molecule has 10 heteroatoms. The third-order valence-electron chi connectivity index (χ3n) is 3.81. The van der Waals surface area contributed by atoms with Crippen molar-refractivity contribution in [2.45, 2.75) is 23.9 Å². The molecular weight excluding hydrogens is 346 g/mol. The molecule has 0 aliphatic heterocycles. The standard InChI is InChI=1S/C15H17N5O4S/c1-19-14(9-3-4-9)17-18-15(19)25-8-13(21)16-11-6-5-10(20(22)23)7-12(11)24-2/h5-7,9H,3-4,8H2,1-2H3,(H,16,21). The number of nitro benzene ring substituents is 1. The van der Waals surface area contributed by atoms with Crippen LogP contribution in [0.1, 0.15) is 24.6 Å². The average Bonchev–Trinajstić information content (AvgIpc) is 3.36. The lowest BCUT2D eigenvalue weighted by molar-refractivity contribution is -0.384. The van der Waals surface area contributed by atoms with Crippen molar-refractivity contribution in [1.29, 1.82) is 0 Å². The van der Waals surface area contributed by atoms with Gasteiger partial charge in [-0.05, 0) is 18.9 Å². The van der Waals surface area contributed by atoms with Gasteiger partial charge < -0.3 is 14.6 Å². The summed E-state index contributed by atoms with van der Waals surface area (Å²) in [6.45, 7) is 0. The number of nitro groups is 1. The van der Waals surface area contributed by atoms with E-state index in [0.29, 0.717) is 16.8 Å². The molecule has 0 unspecified atom stereocenters. The molecule has 0 atom stereocenters. The van der Waals surface area contributed by atoms with Crippen LogP contribution in [0.25, 0.3) is 0 Å². The number of methoxy groups -OCH3 is 1. The molecule has 0 saturated heterocycles. The number of hydrogen-bond donors (Lipinski definition) is 1. The highest BCUT2D eigenvalue weighted by Gasteiger charge is 2.29. The molecule has 1 amide bonds. The Morgan fingerprint density at radius 2 is 2.24 bits per heavy atom. The molecule has 1 aliphatic carbocycles. The van der Waals surface area contributed by atoms with Gasteiger partial charge in [0, 0.05) is 19.0 Å². The monoisotopic (exact) mass is 363 g/mol. The van der Waals surface area contributed by atoms with Gasteiger partial charge in [-0.2, -0.15) is 0 Å². The van der Waals surface area contributed by atoms with Crippen molar-refractivity contribution >= 4 is 29.0 Å². The maximum absolute atomic E-state index is 12.2. The van der Waals surface area contributed by atoms with Gasteiger partial charge in [-0.25, -0.2) is 0 Å². The number of rotatable bonds is 7. The molecule has 0 spiro atoms. The van der Waals surface area contributed by atoms with Crippen molar-refractivity contribution in [3.8, 4) is 5.75 Å². The Kier molecular flexibility index (Phi) is 4.88. The summed E-state index contributed by atoms with van der Waals surface area (Å²) < 4.78 is 7.02. The van der Waals surface area contributed by atoms with Crippen LogP contribution in [0.2, 0.25) is 0 Å². The Labute approximate surface area is 147 Å². The predicted octanol–water partition coefficient (Wildman–Crippen LogP) is 2.34. The second-order valence-electron chi connectivity index (χ2n) is 5.65. The van der Waals surface area contributed by atoms with Crippen LogP contribution in [0.15, 0.2) is 23.4 Å². The smallest absolute Gasteiger partial charge is 0.273 e. The first-order valence-corrected chi connectivity index (χ1v) is 8.62. The second kappa shape index (κ2) is 7.09. The van der Waals surface area contributed by atoms with Crippen molar-refractivity contribution < 1.29 is 14.5 Å². The number of non-ortho nitro benzene ring substituents is 1. The summed E-state index contributed by atoms with van der Waals surface area (Å²) in [6, 6.07) is 4.04. The minimum Gasteiger partial charge on any atom is -0.494 e. The van der Waals surface area contributed by atoms with Crippen molar-refractivity contribution in [2.75, 3.05) is 18.2 Å². The highest BCUT2D eigenvalue weighted by Crippen LogP contribution is 2.39. The first-order chi connectivity index (χ1) is 12.0. The van der Waals surface area contributed by atoms with Gasteiger partial charge in [-0.15, -0.1) is 10.2 Å². The first-order valence-electron chi connectivity index (χ1n) is 7.64. The number of hydrogen-bond acceptors (Lipinski definition) is 7. The lowest BCUT2D eigenvalue weighted by Gasteiger charge is -2.09. The number of ether oxygens (including phenoxy) is 1. The Bertz CT molecular complexity index is 818. The molecule has 1 heterocycles. The second-order valence-corrected chi connectivity index (χ2v) is 6.60. The molecule has 1 aromatic carbocycles. The molecule has 1 saturated carbocycles. The molecule has 1 aliphatic rings. The van der Waals surface area contributed by atoms with Gasteiger partial charge in [-0.3, -0.25) is 14.9 Å². The highest BCUT2D eigenvalue weighted by atomic mass is 32.2. The summed E-state index contributed by atoms with van der Waals surface area (Å²) in [6.07, 6.45) is 2.27. The zero-order valence-corrected chi connectivity index (χ0v) is 14.6. The fraction of sp³-hybridized carbons (Fsp3) is 0.400. The molecule has 3 rings (SSSR count). The van der Waals surface area contributed by atoms with E-state index in [9.17, 15) is 14.9 Å². The lowest BCUT2D eigenvalue weighted by atomic mass is 10.2. The topological polar surface area (TPSA) is 112 Å². The number of nitrogens with zero attached hydrogens (tertiary/aromatic N) is 4. The summed E-state index contributed by atoms with van der Waals surface area (Å²) in [5, 5.41) is 22.5. The lowest BCUT2D eigenvalue weighted by Crippen LogP contribution is -2.15. The zero-order chi connectivity index (χ0) is 18.0. The fourth-order valence-corrected chi connectivity index (χ4v) is 3.08. The minimum atomic E-state index is -0.518. The summed E-state index contributed by atoms with van der Waals surface area (Å²) in [5.74, 6) is 1.58. The number of carbonyl (C=O) groups is 1. The number of carbonyl (C=O) groups excluding carboxylic acids is 1. The van der Waals surface area contributed by atoms with Crippen molar-refractivity contribution in [2.24, 2.45) is 7.05 Å². The number of thioether (sulfide) groups is 1. The molecule has 1 fully saturated rings. The largest absolute Gasteiger partial charge is 0.494 e. The van der Waals surface area contributed by atoms with Crippen LogP contribution in [-0.4, -0.2) is 38.5 Å². The van der Waals surface area contributed by atoms with Crippen LogP contribution < -0.4 is 10.1 Å². The van der Waals surface area contributed by atoms with Crippen LogP contribution in [0, 0.1) is 10.1 Å². The number of aromatic nitrogens is 3. The average molecular weight is 363 g/mol. The molecule has 2 aromatic rings. The van der Waals surface area contributed by atoms with Gasteiger partial charge >= 0.3 is 0 Å². The zero-order valence-electron chi connectivity index (χ0n) is 13.8. The van der Waals surface area contributed by atoms with Gasteiger partial charge in [0.1, 0.15) is 11.6 Å². The van der Waals surface area contributed by atoms with Crippen LogP contribution in [-0.2, 0) is 11.8 Å². The SMILES string of the molecule is COc1cc([N+](=O)[O-])ccc1NC(=O)CSc1nnc(C2CC2)n1C. The Balaban J connectivity index is 1.62. The van der Waals surface area contributed by atoms with Gasteiger partial charge in [-0.1, -0.05) is 11.8 Å². The van der Waals surface area contributed by atoms with E-state index in [2.05, 4.69) is 15.5 Å². The Morgan fingerprint density at radius 1 is 1.48 bits per heavy atom. The normalized spacial score (nSPS) is 13.5. The van der Waals surface area contributed by atoms with E-state index in [-0.39, 0.29) is 23.1 Å². The molecular formula is C15H17N5O4S. The molecule has 9 nitrogen and oxygen atoms in total. The van der Waals surface area contributed by atoms with Gasteiger partial charge in [0.05, 0.1) is 29.5 Å². The Hall–Kier alpha value is -2.62. The van der Waals surface area contributed by atoms with Crippen molar-refractivity contribution in [3.05, 3.63) is 34.1 Å². The van der Waals surface area contributed by atoms with Crippen LogP contribution >= 0.6 is 11.8 Å². The summed E-state index contributed by atoms with van der Waals surface area (Å²) in [7, 11) is 3.29. The number of amides is 1. The number of nitrogens with one attached hydrogen (secondary N) is 1. The highest BCUT2D eigenvalue weighted by molar-refractivity contribution is 7.99. The van der Waals surface area contributed by atoms with E-state index in [1.165, 1.54) is 37.1 Å². The number of anilines is 1. The quantitative estimate of drug-likeness (QED) is 0.456. The minimum absolute atomic E-state index is 0.101. The van der Waals surface area contributed by atoms with E-state index >= 15 is 0 Å². The summed E-state index contributed by atoms with van der Waals surface area (Å²) in [5.41, 5.74) is 0.284. The number of benzene rings is 1. The van der Waals surface area contributed by atoms with E-state index < -0.39 is 4.92 Å². The third-order valence-corrected chi connectivity index (χ3v) is 4.83.